The van der Waals surface area contributed by atoms with Crippen LogP contribution < -0.4 is 15.0 Å². The average Bonchev–Trinajstić information content (AvgIpc) is 3.66. The second-order valence-corrected chi connectivity index (χ2v) is 10.9. The molecule has 0 aromatic carbocycles. The molecule has 1 aliphatic carbocycles. The number of carbonyl (C=O) groups is 1. The standard InChI is InChI=1S/C30H27FN8O2/c1-29(37-28(40)26-24(31)4-3-11-34-26)9-12-38(13-10-29)25-6-5-20(16-35-25)23-14-22(41-19-30(33-2)7-8-30)18-39-27(23)21(15-32)17-36-39/h3-6,11,14,16-18H,7-10,12-13,19H2,1H3,(H,37,40). The van der Waals surface area contributed by atoms with Crippen molar-refractivity contribution in [3.63, 3.8) is 0 Å². The quantitative estimate of drug-likeness (QED) is 0.339. The zero-order valence-electron chi connectivity index (χ0n) is 22.5. The molecule has 1 aliphatic heterocycles. The number of hydrogen-bond donors (Lipinski definition) is 1. The largest absolute Gasteiger partial charge is 0.484 e. The molecule has 2 aliphatic rings. The van der Waals surface area contributed by atoms with Crippen molar-refractivity contribution in [2.45, 2.75) is 43.7 Å². The fourth-order valence-electron chi connectivity index (χ4n) is 5.10. The zero-order valence-corrected chi connectivity index (χ0v) is 22.5. The Bertz CT molecular complexity index is 1710. The topological polar surface area (TPSA) is 113 Å². The highest BCUT2D eigenvalue weighted by Gasteiger charge is 2.52. The third-order valence-electron chi connectivity index (χ3n) is 7.92. The molecular weight excluding hydrogens is 523 g/mol. The van der Waals surface area contributed by atoms with E-state index in [2.05, 4.69) is 31.2 Å². The number of ether oxygens (including phenoxy) is 1. The lowest BCUT2D eigenvalue weighted by Gasteiger charge is -2.40. The summed E-state index contributed by atoms with van der Waals surface area (Å²) in [5.74, 6) is 0.208. The maximum Gasteiger partial charge on any atom is 0.273 e. The van der Waals surface area contributed by atoms with E-state index in [-0.39, 0.29) is 5.69 Å². The number of amides is 1. The van der Waals surface area contributed by atoms with E-state index < -0.39 is 22.8 Å². The summed E-state index contributed by atoms with van der Waals surface area (Å²) in [7, 11) is 0. The van der Waals surface area contributed by atoms with Gasteiger partial charge in [-0.3, -0.25) is 4.79 Å². The average molecular weight is 551 g/mol. The molecule has 10 nitrogen and oxygen atoms in total. The number of nitrogens with one attached hydrogen (secondary N) is 1. The summed E-state index contributed by atoms with van der Waals surface area (Å²) in [6.07, 6.45) is 9.41. The normalized spacial score (nSPS) is 16.9. The minimum absolute atomic E-state index is 0.201. The predicted octanol–water partition coefficient (Wildman–Crippen LogP) is 4.42. The number of fused-ring (bicyclic) bond motifs is 1. The van der Waals surface area contributed by atoms with Crippen LogP contribution in [0.1, 0.15) is 48.7 Å². The van der Waals surface area contributed by atoms with Gasteiger partial charge in [-0.05, 0) is 50.1 Å². The third kappa shape index (κ3) is 5.14. The molecule has 6 rings (SSSR count). The predicted molar refractivity (Wildman–Crippen MR) is 149 cm³/mol. The van der Waals surface area contributed by atoms with Crippen LogP contribution in [0.3, 0.4) is 0 Å². The number of halogens is 1. The highest BCUT2D eigenvalue weighted by Crippen LogP contribution is 2.40. The van der Waals surface area contributed by atoms with Gasteiger partial charge in [0.05, 0.1) is 23.5 Å². The van der Waals surface area contributed by atoms with Crippen molar-refractivity contribution in [3.8, 4) is 22.9 Å². The number of nitrogens with zero attached hydrogens (tertiary/aromatic N) is 7. The van der Waals surface area contributed by atoms with E-state index in [0.717, 1.165) is 29.8 Å². The Balaban J connectivity index is 1.18. The van der Waals surface area contributed by atoms with Crippen LogP contribution in [0.25, 0.3) is 21.5 Å². The highest BCUT2D eigenvalue weighted by molar-refractivity contribution is 5.93. The summed E-state index contributed by atoms with van der Waals surface area (Å²) in [4.78, 5) is 27.1. The van der Waals surface area contributed by atoms with E-state index in [0.29, 0.717) is 49.4 Å². The zero-order chi connectivity index (χ0) is 28.6. The highest BCUT2D eigenvalue weighted by atomic mass is 19.1. The van der Waals surface area contributed by atoms with Gasteiger partial charge in [0.2, 0.25) is 0 Å². The number of anilines is 1. The van der Waals surface area contributed by atoms with E-state index in [4.69, 9.17) is 16.3 Å². The van der Waals surface area contributed by atoms with Crippen LogP contribution in [0.4, 0.5) is 10.2 Å². The summed E-state index contributed by atoms with van der Waals surface area (Å²) in [6, 6.07) is 10.6. The molecule has 206 valence electrons. The van der Waals surface area contributed by atoms with Crippen LogP contribution in [0.15, 0.2) is 55.1 Å². The van der Waals surface area contributed by atoms with Crippen molar-refractivity contribution in [3.05, 3.63) is 83.6 Å². The minimum atomic E-state index is -0.641. The second-order valence-electron chi connectivity index (χ2n) is 10.9. The Morgan fingerprint density at radius 3 is 2.68 bits per heavy atom. The van der Waals surface area contributed by atoms with Crippen LogP contribution in [0.2, 0.25) is 0 Å². The Labute approximate surface area is 236 Å². The summed E-state index contributed by atoms with van der Waals surface area (Å²) in [5, 5.41) is 17.0. The first-order chi connectivity index (χ1) is 19.8. The number of nitriles is 1. The molecule has 1 N–H and O–H groups in total. The van der Waals surface area contributed by atoms with Gasteiger partial charge in [0.25, 0.3) is 11.4 Å². The smallest absolute Gasteiger partial charge is 0.273 e. The monoisotopic (exact) mass is 550 g/mol. The van der Waals surface area contributed by atoms with E-state index >= 15 is 0 Å². The Kier molecular flexibility index (Phi) is 6.50. The molecule has 11 heteroatoms. The van der Waals surface area contributed by atoms with Gasteiger partial charge < -0.3 is 19.8 Å². The van der Waals surface area contributed by atoms with Gasteiger partial charge in [-0.1, -0.05) is 0 Å². The van der Waals surface area contributed by atoms with Crippen LogP contribution >= 0.6 is 0 Å². The van der Waals surface area contributed by atoms with Gasteiger partial charge in [-0.15, -0.1) is 0 Å². The number of hydrogen-bond acceptors (Lipinski definition) is 7. The summed E-state index contributed by atoms with van der Waals surface area (Å²) in [5.41, 5.74) is 1.55. The first-order valence-corrected chi connectivity index (χ1v) is 13.4. The number of carbonyl (C=O) groups excluding carboxylic acids is 1. The van der Waals surface area contributed by atoms with E-state index in [1.54, 1.807) is 16.9 Å². The summed E-state index contributed by atoms with van der Waals surface area (Å²) in [6.45, 7) is 11.0. The lowest BCUT2D eigenvalue weighted by molar-refractivity contribution is 0.0881. The minimum Gasteiger partial charge on any atom is -0.484 e. The molecule has 1 amide bonds. The van der Waals surface area contributed by atoms with Gasteiger partial charge in [0.1, 0.15) is 17.6 Å². The maximum atomic E-state index is 14.0. The van der Waals surface area contributed by atoms with Crippen molar-refractivity contribution in [1.82, 2.24) is 24.9 Å². The molecule has 4 aromatic rings. The van der Waals surface area contributed by atoms with Crippen LogP contribution in [-0.4, -0.2) is 56.3 Å². The number of aromatic nitrogens is 4. The second kappa shape index (κ2) is 10.2. The molecule has 1 saturated heterocycles. The number of rotatable bonds is 7. The lowest BCUT2D eigenvalue weighted by atomic mass is 9.89. The van der Waals surface area contributed by atoms with Crippen molar-refractivity contribution in [1.29, 1.82) is 5.26 Å². The molecule has 1 saturated carbocycles. The first-order valence-electron chi connectivity index (χ1n) is 13.4. The molecule has 0 unspecified atom stereocenters. The molecule has 5 heterocycles. The van der Waals surface area contributed by atoms with Crippen molar-refractivity contribution < 1.29 is 13.9 Å². The van der Waals surface area contributed by atoms with Crippen molar-refractivity contribution >= 4 is 17.2 Å². The van der Waals surface area contributed by atoms with E-state index in [1.807, 2.05) is 25.1 Å². The fraction of sp³-hybridized carbons (Fsp3) is 0.333. The van der Waals surface area contributed by atoms with Crippen molar-refractivity contribution in [2.24, 2.45) is 0 Å². The van der Waals surface area contributed by atoms with Gasteiger partial charge in [-0.2, -0.15) is 10.4 Å². The SMILES string of the molecule is [C-]#[N+]C1(COc2cc(-c3ccc(N4CCC(C)(NC(=O)c5ncccc5F)CC4)nc3)c3c(C#N)cnn3c2)CC1. The van der Waals surface area contributed by atoms with Crippen molar-refractivity contribution in [2.75, 3.05) is 24.6 Å². The van der Waals surface area contributed by atoms with Gasteiger partial charge in [-0.25, -0.2) is 25.4 Å². The van der Waals surface area contributed by atoms with Crippen LogP contribution in [0.5, 0.6) is 5.75 Å². The Morgan fingerprint density at radius 2 is 2.02 bits per heavy atom. The number of pyridine rings is 3. The molecule has 0 radical (unpaired) electrons. The van der Waals surface area contributed by atoms with Gasteiger partial charge in [0.15, 0.2) is 18.1 Å². The Hall–Kier alpha value is -5.03. The molecule has 41 heavy (non-hydrogen) atoms. The third-order valence-corrected chi connectivity index (χ3v) is 7.92. The summed E-state index contributed by atoms with van der Waals surface area (Å²) >= 11 is 0. The maximum absolute atomic E-state index is 14.0. The van der Waals surface area contributed by atoms with Gasteiger partial charge >= 0.3 is 0 Å². The molecule has 0 atom stereocenters. The van der Waals surface area contributed by atoms with Crippen LogP contribution in [0, 0.1) is 23.7 Å². The molecule has 0 spiro atoms. The Morgan fingerprint density at radius 1 is 1.22 bits per heavy atom. The summed E-state index contributed by atoms with van der Waals surface area (Å²) < 4.78 is 21.6. The molecular formula is C30H27FN8O2. The molecule has 2 fully saturated rings. The molecule has 0 bridgehead atoms. The molecule has 4 aromatic heterocycles. The van der Waals surface area contributed by atoms with Gasteiger partial charge in [0, 0.05) is 55.0 Å². The fourth-order valence-corrected chi connectivity index (χ4v) is 5.10. The van der Waals surface area contributed by atoms with E-state index in [1.165, 1.54) is 24.5 Å². The van der Waals surface area contributed by atoms with Crippen LogP contribution in [-0.2, 0) is 0 Å². The lowest BCUT2D eigenvalue weighted by Crippen LogP contribution is -2.53. The first kappa shape index (κ1) is 26.2. The number of piperidine rings is 1. The van der Waals surface area contributed by atoms with E-state index in [9.17, 15) is 14.4 Å².